The highest BCUT2D eigenvalue weighted by Crippen LogP contribution is 2.20. The van der Waals surface area contributed by atoms with Crippen LogP contribution in [0.1, 0.15) is 29.8 Å². The van der Waals surface area contributed by atoms with Gasteiger partial charge in [0.2, 0.25) is 10.0 Å². The number of amides is 1. The average Bonchev–Trinajstić information content (AvgIpc) is 2.68. The molecule has 0 bridgehead atoms. The summed E-state index contributed by atoms with van der Waals surface area (Å²) in [5.74, 6) is -1.28. The zero-order valence-electron chi connectivity index (χ0n) is 16.6. The van der Waals surface area contributed by atoms with Crippen LogP contribution in [0.2, 0.25) is 0 Å². The molecule has 0 aromatic heterocycles. The highest BCUT2D eigenvalue weighted by molar-refractivity contribution is 9.10. The standard InChI is InChI=1S/C20H23BrN2O5S/c1-13(2)23(4)29(26,27)17-7-5-6-15(11-17)20(25)28-12-19(24)22-16-8-9-18(21)14(3)10-16/h5-11,13H,12H2,1-4H3,(H,22,24). The molecule has 0 aliphatic carbocycles. The number of hydrogen-bond donors (Lipinski definition) is 1. The first-order valence-corrected chi connectivity index (χ1v) is 11.1. The Balaban J connectivity index is 2.04. The molecule has 0 aliphatic rings. The highest BCUT2D eigenvalue weighted by Gasteiger charge is 2.24. The monoisotopic (exact) mass is 482 g/mol. The van der Waals surface area contributed by atoms with Gasteiger partial charge in [-0.25, -0.2) is 13.2 Å². The molecule has 0 radical (unpaired) electrons. The van der Waals surface area contributed by atoms with Crippen LogP contribution in [0.25, 0.3) is 0 Å². The van der Waals surface area contributed by atoms with Gasteiger partial charge in [-0.1, -0.05) is 22.0 Å². The Bertz CT molecular complexity index is 1020. The summed E-state index contributed by atoms with van der Waals surface area (Å²) < 4.78 is 32.3. The van der Waals surface area contributed by atoms with Crippen LogP contribution in [-0.4, -0.2) is 44.3 Å². The van der Waals surface area contributed by atoms with Crippen molar-refractivity contribution in [2.45, 2.75) is 31.7 Å². The van der Waals surface area contributed by atoms with Gasteiger partial charge in [-0.15, -0.1) is 0 Å². The molecular weight excluding hydrogens is 460 g/mol. The van der Waals surface area contributed by atoms with Crippen molar-refractivity contribution in [3.63, 3.8) is 0 Å². The molecule has 1 N–H and O–H groups in total. The van der Waals surface area contributed by atoms with Crippen molar-refractivity contribution in [2.24, 2.45) is 0 Å². The van der Waals surface area contributed by atoms with E-state index in [9.17, 15) is 18.0 Å². The zero-order chi connectivity index (χ0) is 21.8. The summed E-state index contributed by atoms with van der Waals surface area (Å²) in [6.07, 6.45) is 0. The predicted octanol–water partition coefficient (Wildman–Crippen LogP) is 3.58. The van der Waals surface area contributed by atoms with E-state index in [4.69, 9.17) is 4.74 Å². The summed E-state index contributed by atoms with van der Waals surface area (Å²) in [6, 6.07) is 10.6. The van der Waals surface area contributed by atoms with Crippen molar-refractivity contribution in [3.8, 4) is 0 Å². The number of sulfonamides is 1. The van der Waals surface area contributed by atoms with Crippen molar-refractivity contribution in [2.75, 3.05) is 19.0 Å². The third-order valence-electron chi connectivity index (χ3n) is 4.25. The first kappa shape index (κ1) is 23.1. The fourth-order valence-corrected chi connectivity index (χ4v) is 4.02. The molecule has 0 atom stereocenters. The van der Waals surface area contributed by atoms with Crippen LogP contribution in [0, 0.1) is 6.92 Å². The molecule has 0 heterocycles. The minimum Gasteiger partial charge on any atom is -0.452 e. The number of halogens is 1. The number of aryl methyl sites for hydroxylation is 1. The molecule has 0 spiro atoms. The van der Waals surface area contributed by atoms with Gasteiger partial charge in [0.15, 0.2) is 6.61 Å². The summed E-state index contributed by atoms with van der Waals surface area (Å²) in [5.41, 5.74) is 1.58. The van der Waals surface area contributed by atoms with Gasteiger partial charge in [0, 0.05) is 23.2 Å². The molecule has 0 unspecified atom stereocenters. The second-order valence-electron chi connectivity index (χ2n) is 6.73. The lowest BCUT2D eigenvalue weighted by atomic mass is 10.2. The molecule has 7 nitrogen and oxygen atoms in total. The Labute approximate surface area is 179 Å². The molecule has 0 aliphatic heterocycles. The molecule has 0 saturated heterocycles. The molecular formula is C20H23BrN2O5S. The highest BCUT2D eigenvalue weighted by atomic mass is 79.9. The smallest absolute Gasteiger partial charge is 0.338 e. The molecule has 1 amide bonds. The Hall–Kier alpha value is -2.23. The van der Waals surface area contributed by atoms with Crippen molar-refractivity contribution >= 4 is 43.5 Å². The maximum absolute atomic E-state index is 12.6. The first-order valence-electron chi connectivity index (χ1n) is 8.83. The number of hydrogen-bond acceptors (Lipinski definition) is 5. The van der Waals surface area contributed by atoms with E-state index < -0.39 is 28.5 Å². The van der Waals surface area contributed by atoms with Crippen LogP contribution >= 0.6 is 15.9 Å². The SMILES string of the molecule is Cc1cc(NC(=O)COC(=O)c2cccc(S(=O)(=O)N(C)C(C)C)c2)ccc1Br. The van der Waals surface area contributed by atoms with Gasteiger partial charge in [0.1, 0.15) is 0 Å². The normalized spacial score (nSPS) is 11.6. The van der Waals surface area contributed by atoms with Gasteiger partial charge in [0.05, 0.1) is 10.5 Å². The van der Waals surface area contributed by atoms with Crippen LogP contribution in [0.3, 0.4) is 0 Å². The van der Waals surface area contributed by atoms with E-state index in [0.29, 0.717) is 5.69 Å². The summed E-state index contributed by atoms with van der Waals surface area (Å²) in [5, 5.41) is 2.64. The van der Waals surface area contributed by atoms with E-state index in [1.807, 2.05) is 6.92 Å². The molecule has 9 heteroatoms. The Morgan fingerprint density at radius 1 is 1.17 bits per heavy atom. The van der Waals surface area contributed by atoms with Crippen LogP contribution in [0.5, 0.6) is 0 Å². The number of carbonyl (C=O) groups is 2. The minimum absolute atomic E-state index is 0.0158. The third kappa shape index (κ3) is 5.88. The number of esters is 1. The fraction of sp³-hybridized carbons (Fsp3) is 0.300. The number of benzene rings is 2. The first-order chi connectivity index (χ1) is 13.5. The van der Waals surface area contributed by atoms with Crippen molar-refractivity contribution in [3.05, 3.63) is 58.1 Å². The van der Waals surface area contributed by atoms with Crippen molar-refractivity contribution in [1.29, 1.82) is 0 Å². The van der Waals surface area contributed by atoms with Gasteiger partial charge in [-0.3, -0.25) is 4.79 Å². The van der Waals surface area contributed by atoms with E-state index in [-0.39, 0.29) is 16.5 Å². The number of rotatable bonds is 7. The topological polar surface area (TPSA) is 92.8 Å². The number of ether oxygens (including phenoxy) is 1. The van der Waals surface area contributed by atoms with Gasteiger partial charge < -0.3 is 10.1 Å². The Kier molecular flexibility index (Phi) is 7.56. The lowest BCUT2D eigenvalue weighted by Crippen LogP contribution is -2.33. The summed E-state index contributed by atoms with van der Waals surface area (Å²) in [7, 11) is -2.26. The van der Waals surface area contributed by atoms with E-state index >= 15 is 0 Å². The van der Waals surface area contributed by atoms with E-state index in [2.05, 4.69) is 21.2 Å². The number of nitrogens with zero attached hydrogens (tertiary/aromatic N) is 1. The van der Waals surface area contributed by atoms with Crippen LogP contribution in [0.15, 0.2) is 51.8 Å². The van der Waals surface area contributed by atoms with Crippen molar-refractivity contribution < 1.29 is 22.7 Å². The second kappa shape index (κ2) is 9.51. The van der Waals surface area contributed by atoms with Gasteiger partial charge in [-0.2, -0.15) is 4.31 Å². The van der Waals surface area contributed by atoms with Crippen LogP contribution in [-0.2, 0) is 19.6 Å². The number of carbonyl (C=O) groups excluding carboxylic acids is 2. The lowest BCUT2D eigenvalue weighted by Gasteiger charge is -2.21. The Morgan fingerprint density at radius 3 is 2.48 bits per heavy atom. The minimum atomic E-state index is -3.73. The van der Waals surface area contributed by atoms with Crippen LogP contribution < -0.4 is 5.32 Å². The zero-order valence-corrected chi connectivity index (χ0v) is 19.0. The van der Waals surface area contributed by atoms with Crippen LogP contribution in [0.4, 0.5) is 5.69 Å². The third-order valence-corrected chi connectivity index (χ3v) is 7.17. The fourth-order valence-electron chi connectivity index (χ4n) is 2.36. The Morgan fingerprint density at radius 2 is 1.86 bits per heavy atom. The molecule has 2 rings (SSSR count). The quantitative estimate of drug-likeness (QED) is 0.608. The molecule has 0 saturated carbocycles. The molecule has 156 valence electrons. The summed E-state index contributed by atoms with van der Waals surface area (Å²) in [6.45, 7) is 4.90. The number of anilines is 1. The summed E-state index contributed by atoms with van der Waals surface area (Å²) >= 11 is 3.38. The molecule has 29 heavy (non-hydrogen) atoms. The van der Waals surface area contributed by atoms with Gasteiger partial charge >= 0.3 is 5.97 Å². The molecule has 2 aromatic carbocycles. The van der Waals surface area contributed by atoms with Crippen molar-refractivity contribution in [1.82, 2.24) is 4.31 Å². The second-order valence-corrected chi connectivity index (χ2v) is 9.58. The summed E-state index contributed by atoms with van der Waals surface area (Å²) in [4.78, 5) is 24.3. The maximum atomic E-state index is 12.6. The number of nitrogens with one attached hydrogen (secondary N) is 1. The maximum Gasteiger partial charge on any atom is 0.338 e. The van der Waals surface area contributed by atoms with Gasteiger partial charge in [-0.05, 0) is 62.7 Å². The lowest BCUT2D eigenvalue weighted by molar-refractivity contribution is -0.119. The molecule has 2 aromatic rings. The average molecular weight is 483 g/mol. The molecule has 0 fully saturated rings. The largest absolute Gasteiger partial charge is 0.452 e. The van der Waals surface area contributed by atoms with E-state index in [0.717, 1.165) is 10.0 Å². The van der Waals surface area contributed by atoms with E-state index in [1.165, 1.54) is 35.6 Å². The predicted molar refractivity (Wildman–Crippen MR) is 114 cm³/mol. The van der Waals surface area contributed by atoms with Gasteiger partial charge in [0.25, 0.3) is 5.91 Å². The van der Waals surface area contributed by atoms with E-state index in [1.54, 1.807) is 32.0 Å².